The summed E-state index contributed by atoms with van der Waals surface area (Å²) in [5, 5.41) is 10.1. The van der Waals surface area contributed by atoms with Gasteiger partial charge in [-0.15, -0.1) is 0 Å². The predicted octanol–water partition coefficient (Wildman–Crippen LogP) is 6.17. The van der Waals surface area contributed by atoms with E-state index in [1.165, 1.54) is 64.2 Å². The molecule has 0 rings (SSSR count). The second-order valence-electron chi connectivity index (χ2n) is 5.81. The van der Waals surface area contributed by atoms with Gasteiger partial charge in [-0.25, -0.2) is 0 Å². The lowest BCUT2D eigenvalue weighted by Gasteiger charge is -2.08. The second-order valence-corrected chi connectivity index (χ2v) is 6.60. The van der Waals surface area contributed by atoms with Crippen molar-refractivity contribution >= 4 is 21.9 Å². The number of aliphatic carboxylic acids is 1. The minimum atomic E-state index is -0.618. The largest absolute Gasteiger partial charge is 0.481 e. The molecule has 3 heteroatoms. The highest BCUT2D eigenvalue weighted by molar-refractivity contribution is 9.09. The summed E-state index contributed by atoms with van der Waals surface area (Å²) < 4.78 is 0. The summed E-state index contributed by atoms with van der Waals surface area (Å²) >= 11 is 3.46. The van der Waals surface area contributed by atoms with E-state index in [-0.39, 0.29) is 5.92 Å². The van der Waals surface area contributed by atoms with Crippen molar-refractivity contribution in [3.63, 3.8) is 0 Å². The quantitative estimate of drug-likeness (QED) is 0.283. The van der Waals surface area contributed by atoms with Crippen molar-refractivity contribution < 1.29 is 9.90 Å². The zero-order valence-electron chi connectivity index (χ0n) is 13.2. The number of hydrogen-bond acceptors (Lipinski definition) is 1. The number of halogens is 1. The smallest absolute Gasteiger partial charge is 0.306 e. The molecule has 0 fully saturated rings. The number of rotatable bonds is 15. The number of carbonyl (C=O) groups is 1. The molecule has 1 unspecified atom stereocenters. The van der Waals surface area contributed by atoms with E-state index in [0.717, 1.165) is 24.6 Å². The normalized spacial score (nSPS) is 12.5. The standard InChI is InChI=1S/C17H33BrO2/c1-2-16(17(19)20)14-12-10-8-6-4-3-5-7-9-11-13-15-18/h16H,2-15H2,1H3,(H,19,20). The molecule has 2 nitrogen and oxygen atoms in total. The lowest BCUT2D eigenvalue weighted by molar-refractivity contribution is -0.142. The third-order valence-corrected chi connectivity index (χ3v) is 4.59. The van der Waals surface area contributed by atoms with Crippen LogP contribution in [0, 0.1) is 5.92 Å². The van der Waals surface area contributed by atoms with Crippen molar-refractivity contribution in [1.82, 2.24) is 0 Å². The minimum absolute atomic E-state index is 0.116. The second kappa shape index (κ2) is 15.3. The van der Waals surface area contributed by atoms with Crippen LogP contribution in [0.5, 0.6) is 0 Å². The van der Waals surface area contributed by atoms with Gasteiger partial charge in [-0.1, -0.05) is 87.1 Å². The van der Waals surface area contributed by atoms with E-state index >= 15 is 0 Å². The fraction of sp³-hybridized carbons (Fsp3) is 0.941. The number of carboxylic acid groups (broad SMARTS) is 1. The number of carboxylic acids is 1. The first-order chi connectivity index (χ1) is 9.72. The molecular weight excluding hydrogens is 316 g/mol. The minimum Gasteiger partial charge on any atom is -0.481 e. The van der Waals surface area contributed by atoms with E-state index in [1.54, 1.807) is 0 Å². The number of hydrogen-bond donors (Lipinski definition) is 1. The third-order valence-electron chi connectivity index (χ3n) is 4.03. The number of unbranched alkanes of at least 4 members (excludes halogenated alkanes) is 10. The van der Waals surface area contributed by atoms with Gasteiger partial charge in [-0.2, -0.15) is 0 Å². The topological polar surface area (TPSA) is 37.3 Å². The van der Waals surface area contributed by atoms with E-state index in [4.69, 9.17) is 5.11 Å². The van der Waals surface area contributed by atoms with Crippen LogP contribution in [0.4, 0.5) is 0 Å². The van der Waals surface area contributed by atoms with E-state index < -0.39 is 5.97 Å². The van der Waals surface area contributed by atoms with Gasteiger partial charge >= 0.3 is 5.97 Å². The number of alkyl halides is 1. The van der Waals surface area contributed by atoms with Gasteiger partial charge in [0.05, 0.1) is 5.92 Å². The Hall–Kier alpha value is -0.0500. The summed E-state index contributed by atoms with van der Waals surface area (Å²) in [5.41, 5.74) is 0. The Kier molecular flexibility index (Phi) is 15.3. The molecular formula is C17H33BrO2. The summed E-state index contributed by atoms with van der Waals surface area (Å²) in [6.07, 6.45) is 16.1. The Morgan fingerprint density at radius 3 is 1.60 bits per heavy atom. The average molecular weight is 349 g/mol. The molecule has 120 valence electrons. The summed E-state index contributed by atoms with van der Waals surface area (Å²) in [4.78, 5) is 10.9. The van der Waals surface area contributed by atoms with Crippen molar-refractivity contribution in [3.8, 4) is 0 Å². The molecule has 0 amide bonds. The molecule has 0 saturated carbocycles. The highest BCUT2D eigenvalue weighted by Gasteiger charge is 2.13. The molecule has 0 aromatic heterocycles. The van der Waals surface area contributed by atoms with Crippen LogP contribution in [0.2, 0.25) is 0 Å². The van der Waals surface area contributed by atoms with E-state index in [9.17, 15) is 4.79 Å². The average Bonchev–Trinajstić information content (AvgIpc) is 2.43. The van der Waals surface area contributed by atoms with Crippen LogP contribution in [0.25, 0.3) is 0 Å². The van der Waals surface area contributed by atoms with Crippen molar-refractivity contribution in [2.24, 2.45) is 5.92 Å². The molecule has 0 aliphatic heterocycles. The zero-order chi connectivity index (χ0) is 15.1. The lowest BCUT2D eigenvalue weighted by Crippen LogP contribution is -2.12. The zero-order valence-corrected chi connectivity index (χ0v) is 14.8. The summed E-state index contributed by atoms with van der Waals surface area (Å²) in [5.74, 6) is -0.734. The maximum absolute atomic E-state index is 10.9. The summed E-state index contributed by atoms with van der Waals surface area (Å²) in [6, 6.07) is 0. The van der Waals surface area contributed by atoms with Gasteiger partial charge in [0, 0.05) is 5.33 Å². The summed E-state index contributed by atoms with van der Waals surface area (Å²) in [7, 11) is 0. The summed E-state index contributed by atoms with van der Waals surface area (Å²) in [6.45, 7) is 1.97. The molecule has 0 bridgehead atoms. The maximum atomic E-state index is 10.9. The molecule has 0 aromatic rings. The molecule has 0 heterocycles. The van der Waals surface area contributed by atoms with Crippen molar-refractivity contribution in [2.75, 3.05) is 5.33 Å². The van der Waals surface area contributed by atoms with Gasteiger partial charge in [-0.3, -0.25) is 4.79 Å². The molecule has 0 aromatic carbocycles. The third kappa shape index (κ3) is 13.0. The van der Waals surface area contributed by atoms with Crippen molar-refractivity contribution in [3.05, 3.63) is 0 Å². The van der Waals surface area contributed by atoms with Crippen LogP contribution >= 0.6 is 15.9 Å². The SMILES string of the molecule is CCC(CCCCCCCCCCCCCBr)C(=O)O. The fourth-order valence-electron chi connectivity index (χ4n) is 2.58. The first-order valence-corrected chi connectivity index (χ1v) is 9.63. The Labute approximate surface area is 133 Å². The first kappa shape index (κ1) is 19.9. The molecule has 1 N–H and O–H groups in total. The Morgan fingerprint density at radius 2 is 1.25 bits per heavy atom. The Balaban J connectivity index is 3.15. The van der Waals surface area contributed by atoms with Crippen LogP contribution in [0.15, 0.2) is 0 Å². The molecule has 0 radical (unpaired) electrons. The fourth-order valence-corrected chi connectivity index (χ4v) is 2.97. The highest BCUT2D eigenvalue weighted by Crippen LogP contribution is 2.16. The Morgan fingerprint density at radius 1 is 0.850 bits per heavy atom. The van der Waals surface area contributed by atoms with Crippen molar-refractivity contribution in [1.29, 1.82) is 0 Å². The van der Waals surface area contributed by atoms with E-state index in [1.807, 2.05) is 6.92 Å². The van der Waals surface area contributed by atoms with Gasteiger partial charge in [-0.05, 0) is 19.3 Å². The lowest BCUT2D eigenvalue weighted by atomic mass is 9.98. The highest BCUT2D eigenvalue weighted by atomic mass is 79.9. The molecule has 20 heavy (non-hydrogen) atoms. The monoisotopic (exact) mass is 348 g/mol. The van der Waals surface area contributed by atoms with Gasteiger partial charge in [0.1, 0.15) is 0 Å². The van der Waals surface area contributed by atoms with Gasteiger partial charge < -0.3 is 5.11 Å². The molecule has 0 spiro atoms. The predicted molar refractivity (Wildman–Crippen MR) is 90.6 cm³/mol. The van der Waals surface area contributed by atoms with E-state index in [2.05, 4.69) is 15.9 Å². The van der Waals surface area contributed by atoms with Crippen LogP contribution in [0.3, 0.4) is 0 Å². The molecule has 0 aliphatic rings. The van der Waals surface area contributed by atoms with Crippen LogP contribution < -0.4 is 0 Å². The first-order valence-electron chi connectivity index (χ1n) is 8.51. The maximum Gasteiger partial charge on any atom is 0.306 e. The van der Waals surface area contributed by atoms with Crippen LogP contribution in [-0.2, 0) is 4.79 Å². The molecule has 0 aliphatic carbocycles. The van der Waals surface area contributed by atoms with Gasteiger partial charge in [0.15, 0.2) is 0 Å². The van der Waals surface area contributed by atoms with Gasteiger partial charge in [0.2, 0.25) is 0 Å². The Bertz CT molecular complexity index is 219. The van der Waals surface area contributed by atoms with Crippen molar-refractivity contribution in [2.45, 2.75) is 90.4 Å². The molecule has 0 saturated heterocycles. The van der Waals surface area contributed by atoms with E-state index in [0.29, 0.717) is 0 Å². The van der Waals surface area contributed by atoms with Gasteiger partial charge in [0.25, 0.3) is 0 Å². The molecule has 1 atom stereocenters. The van der Waals surface area contributed by atoms with Crippen LogP contribution in [-0.4, -0.2) is 16.4 Å². The van der Waals surface area contributed by atoms with Crippen LogP contribution in [0.1, 0.15) is 90.4 Å².